The summed E-state index contributed by atoms with van der Waals surface area (Å²) in [6.45, 7) is 2.22. The van der Waals surface area contributed by atoms with Crippen LogP contribution in [0.1, 0.15) is 51.9 Å². The van der Waals surface area contributed by atoms with Gasteiger partial charge >= 0.3 is 5.97 Å². The van der Waals surface area contributed by atoms with E-state index in [1.54, 1.807) is 0 Å². The average molecular weight is 225 g/mol. The second-order valence-electron chi connectivity index (χ2n) is 5.38. The van der Waals surface area contributed by atoms with Crippen LogP contribution in [0.4, 0.5) is 0 Å². The maximum atomic E-state index is 11.2. The fraction of sp³-hybridized carbons (Fsp3) is 0.923. The van der Waals surface area contributed by atoms with Crippen LogP contribution in [0.25, 0.3) is 0 Å². The number of carboxylic acid groups (broad SMARTS) is 1. The quantitative estimate of drug-likeness (QED) is 0.755. The minimum atomic E-state index is -0.650. The Balaban J connectivity index is 1.92. The molecular weight excluding hydrogens is 202 g/mol. The minimum absolute atomic E-state index is 0.280. The number of carboxylic acids is 1. The van der Waals surface area contributed by atoms with Gasteiger partial charge in [-0.3, -0.25) is 4.79 Å². The predicted octanol–water partition coefficient (Wildman–Crippen LogP) is 2.41. The summed E-state index contributed by atoms with van der Waals surface area (Å²) in [7, 11) is 0. The Labute approximate surface area is 97.6 Å². The maximum Gasteiger partial charge on any atom is 0.320 e. The van der Waals surface area contributed by atoms with Crippen molar-refractivity contribution in [3.05, 3.63) is 0 Å². The molecule has 0 aliphatic heterocycles. The van der Waals surface area contributed by atoms with Crippen molar-refractivity contribution in [3.63, 3.8) is 0 Å². The predicted molar refractivity (Wildman–Crippen MR) is 63.3 cm³/mol. The molecule has 0 bridgehead atoms. The van der Waals surface area contributed by atoms with E-state index in [4.69, 9.17) is 0 Å². The lowest BCUT2D eigenvalue weighted by atomic mass is 9.82. The van der Waals surface area contributed by atoms with Crippen LogP contribution in [0.5, 0.6) is 0 Å². The van der Waals surface area contributed by atoms with Crippen LogP contribution in [-0.2, 0) is 4.79 Å². The molecule has 0 aromatic carbocycles. The lowest BCUT2D eigenvalue weighted by molar-refractivity contribution is -0.140. The zero-order valence-electron chi connectivity index (χ0n) is 10.1. The first-order valence-corrected chi connectivity index (χ1v) is 6.71. The molecule has 0 heterocycles. The van der Waals surface area contributed by atoms with Gasteiger partial charge in [0, 0.05) is 6.04 Å². The van der Waals surface area contributed by atoms with E-state index in [1.807, 2.05) is 0 Å². The number of hydrogen-bond donors (Lipinski definition) is 2. The summed E-state index contributed by atoms with van der Waals surface area (Å²) in [5.74, 6) is 0.439. The van der Waals surface area contributed by atoms with Crippen molar-refractivity contribution in [2.45, 2.75) is 64.0 Å². The van der Waals surface area contributed by atoms with E-state index >= 15 is 0 Å². The third-order valence-electron chi connectivity index (χ3n) is 4.19. The molecule has 0 aromatic rings. The fourth-order valence-electron chi connectivity index (χ4n) is 2.98. The van der Waals surface area contributed by atoms with E-state index in [-0.39, 0.29) is 6.04 Å². The Kier molecular flexibility index (Phi) is 3.85. The van der Waals surface area contributed by atoms with Crippen molar-refractivity contribution in [2.75, 3.05) is 0 Å². The van der Waals surface area contributed by atoms with Gasteiger partial charge in [-0.2, -0.15) is 0 Å². The van der Waals surface area contributed by atoms with Gasteiger partial charge < -0.3 is 10.4 Å². The van der Waals surface area contributed by atoms with E-state index in [2.05, 4.69) is 12.2 Å². The third-order valence-corrected chi connectivity index (χ3v) is 4.19. The average Bonchev–Trinajstić information content (AvgIpc) is 3.10. The molecule has 16 heavy (non-hydrogen) atoms. The van der Waals surface area contributed by atoms with Gasteiger partial charge in [0.1, 0.15) is 6.04 Å². The molecule has 3 atom stereocenters. The normalized spacial score (nSPS) is 32.3. The standard InChI is InChI=1S/C13H23NO2/c1-2-9-5-3-4-6-11(9)14-12(13(15)16)10-7-8-10/h9-12,14H,2-8H2,1H3,(H,15,16). The number of aliphatic carboxylic acids is 1. The second-order valence-corrected chi connectivity index (χ2v) is 5.38. The summed E-state index contributed by atoms with van der Waals surface area (Å²) in [4.78, 5) is 11.2. The smallest absolute Gasteiger partial charge is 0.320 e. The van der Waals surface area contributed by atoms with Gasteiger partial charge in [-0.25, -0.2) is 0 Å². The molecule has 2 N–H and O–H groups in total. The molecule has 3 nitrogen and oxygen atoms in total. The van der Waals surface area contributed by atoms with E-state index < -0.39 is 5.97 Å². The van der Waals surface area contributed by atoms with Gasteiger partial charge in [-0.15, -0.1) is 0 Å². The molecule has 0 saturated heterocycles. The van der Waals surface area contributed by atoms with E-state index in [0.29, 0.717) is 17.9 Å². The van der Waals surface area contributed by atoms with Gasteiger partial charge in [0.05, 0.1) is 0 Å². The molecule has 92 valence electrons. The van der Waals surface area contributed by atoms with Crippen LogP contribution in [0.3, 0.4) is 0 Å². The molecule has 0 aromatic heterocycles. The lowest BCUT2D eigenvalue weighted by Crippen LogP contribution is -2.48. The third kappa shape index (κ3) is 2.76. The Morgan fingerprint density at radius 2 is 2.00 bits per heavy atom. The first-order chi connectivity index (χ1) is 7.72. The Bertz CT molecular complexity index is 250. The van der Waals surface area contributed by atoms with Gasteiger partial charge in [-0.1, -0.05) is 26.2 Å². The fourth-order valence-corrected chi connectivity index (χ4v) is 2.98. The molecule has 0 spiro atoms. The summed E-state index contributed by atoms with van der Waals surface area (Å²) in [6, 6.07) is 0.164. The molecule has 2 rings (SSSR count). The highest BCUT2D eigenvalue weighted by Crippen LogP contribution is 2.35. The number of carbonyl (C=O) groups is 1. The first kappa shape index (κ1) is 11.9. The molecular formula is C13H23NO2. The summed E-state index contributed by atoms with van der Waals surface area (Å²) >= 11 is 0. The summed E-state index contributed by atoms with van der Waals surface area (Å²) in [6.07, 6.45) is 8.36. The molecule has 0 amide bonds. The van der Waals surface area contributed by atoms with Gasteiger partial charge in [0.25, 0.3) is 0 Å². The van der Waals surface area contributed by atoms with E-state index in [1.165, 1.54) is 25.7 Å². The van der Waals surface area contributed by atoms with Crippen molar-refractivity contribution >= 4 is 5.97 Å². The highest BCUT2D eigenvalue weighted by molar-refractivity contribution is 5.74. The van der Waals surface area contributed by atoms with Crippen molar-refractivity contribution in [1.82, 2.24) is 5.32 Å². The molecule has 3 unspecified atom stereocenters. The Morgan fingerprint density at radius 1 is 1.31 bits per heavy atom. The van der Waals surface area contributed by atoms with E-state index in [9.17, 15) is 9.90 Å². The zero-order valence-corrected chi connectivity index (χ0v) is 10.1. The lowest BCUT2D eigenvalue weighted by Gasteiger charge is -2.33. The van der Waals surface area contributed by atoms with Crippen molar-refractivity contribution in [1.29, 1.82) is 0 Å². The highest BCUT2D eigenvalue weighted by atomic mass is 16.4. The monoisotopic (exact) mass is 225 g/mol. The van der Waals surface area contributed by atoms with E-state index in [0.717, 1.165) is 19.3 Å². The Hall–Kier alpha value is -0.570. The Morgan fingerprint density at radius 3 is 2.56 bits per heavy atom. The van der Waals surface area contributed by atoms with Gasteiger partial charge in [0.2, 0.25) is 0 Å². The van der Waals surface area contributed by atoms with Crippen molar-refractivity contribution in [2.24, 2.45) is 11.8 Å². The SMILES string of the molecule is CCC1CCCCC1NC(C(=O)O)C1CC1. The maximum absolute atomic E-state index is 11.2. The molecule has 2 fully saturated rings. The summed E-state index contributed by atoms with van der Waals surface area (Å²) in [5.41, 5.74) is 0. The second kappa shape index (κ2) is 5.17. The summed E-state index contributed by atoms with van der Waals surface area (Å²) < 4.78 is 0. The van der Waals surface area contributed by atoms with Gasteiger partial charge in [0.15, 0.2) is 0 Å². The molecule has 2 aliphatic rings. The summed E-state index contributed by atoms with van der Waals surface area (Å²) in [5, 5.41) is 12.6. The van der Waals surface area contributed by atoms with Crippen LogP contribution in [0, 0.1) is 11.8 Å². The van der Waals surface area contributed by atoms with Crippen LogP contribution in [0.2, 0.25) is 0 Å². The van der Waals surface area contributed by atoms with Crippen LogP contribution >= 0.6 is 0 Å². The molecule has 3 heteroatoms. The van der Waals surface area contributed by atoms with Crippen LogP contribution in [0.15, 0.2) is 0 Å². The zero-order chi connectivity index (χ0) is 11.5. The first-order valence-electron chi connectivity index (χ1n) is 6.71. The number of hydrogen-bond acceptors (Lipinski definition) is 2. The largest absolute Gasteiger partial charge is 0.480 e. The number of rotatable bonds is 5. The molecule has 2 aliphatic carbocycles. The van der Waals surface area contributed by atoms with Crippen LogP contribution < -0.4 is 5.32 Å². The minimum Gasteiger partial charge on any atom is -0.480 e. The topological polar surface area (TPSA) is 49.3 Å². The molecule has 0 radical (unpaired) electrons. The van der Waals surface area contributed by atoms with Gasteiger partial charge in [-0.05, 0) is 37.5 Å². The highest BCUT2D eigenvalue weighted by Gasteiger charge is 2.38. The molecule has 2 saturated carbocycles. The number of nitrogens with one attached hydrogen (secondary N) is 1. The van der Waals surface area contributed by atoms with Crippen LogP contribution in [-0.4, -0.2) is 23.2 Å². The van der Waals surface area contributed by atoms with Crippen molar-refractivity contribution < 1.29 is 9.90 Å². The van der Waals surface area contributed by atoms with Crippen molar-refractivity contribution in [3.8, 4) is 0 Å².